The Morgan fingerprint density at radius 1 is 1.33 bits per heavy atom. The first-order chi connectivity index (χ1) is 13.1. The SMILES string of the molecule is COc1ccc(Br)cc1C1SCCN1C(=O)c1cc(-c2cccs2)nn1C. The summed E-state index contributed by atoms with van der Waals surface area (Å²) in [7, 11) is 3.48. The van der Waals surface area contributed by atoms with Gasteiger partial charge >= 0.3 is 0 Å². The topological polar surface area (TPSA) is 47.4 Å². The number of amides is 1. The second-order valence-electron chi connectivity index (χ2n) is 6.12. The van der Waals surface area contributed by atoms with Crippen molar-refractivity contribution in [3.05, 3.63) is 57.5 Å². The standard InChI is InChI=1S/C19H18BrN3O2S2/c1-22-15(11-14(21-22)17-4-3-8-26-17)18(24)23-7-9-27-19(23)13-10-12(20)5-6-16(13)25-2/h3-6,8,10-11,19H,7,9H2,1-2H3. The molecule has 4 rings (SSSR count). The summed E-state index contributed by atoms with van der Waals surface area (Å²) in [6, 6.07) is 11.8. The van der Waals surface area contributed by atoms with Crippen molar-refractivity contribution in [3.63, 3.8) is 0 Å². The summed E-state index contributed by atoms with van der Waals surface area (Å²) in [5.41, 5.74) is 2.43. The highest BCUT2D eigenvalue weighted by Crippen LogP contribution is 2.43. The Labute approximate surface area is 174 Å². The first-order valence-corrected chi connectivity index (χ1v) is 11.1. The Morgan fingerprint density at radius 2 is 2.19 bits per heavy atom. The van der Waals surface area contributed by atoms with Gasteiger partial charge in [0.05, 0.1) is 12.0 Å². The molecule has 1 aliphatic rings. The number of aryl methyl sites for hydroxylation is 1. The molecule has 0 spiro atoms. The number of hydrogen-bond acceptors (Lipinski definition) is 5. The zero-order valence-corrected chi connectivity index (χ0v) is 18.1. The third-order valence-electron chi connectivity index (χ3n) is 4.48. The number of thioether (sulfide) groups is 1. The van der Waals surface area contributed by atoms with Gasteiger partial charge in [-0.25, -0.2) is 0 Å². The van der Waals surface area contributed by atoms with Gasteiger partial charge in [-0.15, -0.1) is 23.1 Å². The number of halogens is 1. The molecule has 1 saturated heterocycles. The van der Waals surface area contributed by atoms with Crippen molar-refractivity contribution in [2.75, 3.05) is 19.4 Å². The number of ether oxygens (including phenoxy) is 1. The van der Waals surface area contributed by atoms with Crippen molar-refractivity contribution in [3.8, 4) is 16.3 Å². The molecule has 0 saturated carbocycles. The van der Waals surface area contributed by atoms with Gasteiger partial charge in [0.2, 0.25) is 0 Å². The van der Waals surface area contributed by atoms with E-state index >= 15 is 0 Å². The molecule has 1 amide bonds. The number of carbonyl (C=O) groups excluding carboxylic acids is 1. The van der Waals surface area contributed by atoms with Crippen LogP contribution >= 0.6 is 39.0 Å². The zero-order valence-electron chi connectivity index (χ0n) is 14.9. The van der Waals surface area contributed by atoms with Crippen LogP contribution in [0.25, 0.3) is 10.6 Å². The molecule has 1 aromatic carbocycles. The van der Waals surface area contributed by atoms with Gasteiger partial charge in [0, 0.05) is 29.4 Å². The summed E-state index contributed by atoms with van der Waals surface area (Å²) in [5.74, 6) is 1.67. The van der Waals surface area contributed by atoms with E-state index in [-0.39, 0.29) is 11.3 Å². The molecule has 8 heteroatoms. The largest absolute Gasteiger partial charge is 0.496 e. The maximum atomic E-state index is 13.3. The first kappa shape index (κ1) is 18.6. The molecule has 0 bridgehead atoms. The van der Waals surface area contributed by atoms with E-state index in [1.807, 2.05) is 53.7 Å². The average Bonchev–Trinajstić information content (AvgIpc) is 3.41. The summed E-state index contributed by atoms with van der Waals surface area (Å²) in [6.45, 7) is 0.698. The van der Waals surface area contributed by atoms with E-state index in [9.17, 15) is 4.79 Å². The second kappa shape index (κ2) is 7.69. The van der Waals surface area contributed by atoms with E-state index in [2.05, 4.69) is 21.0 Å². The highest BCUT2D eigenvalue weighted by molar-refractivity contribution is 9.10. The average molecular weight is 464 g/mol. The van der Waals surface area contributed by atoms with Crippen LogP contribution in [0.5, 0.6) is 5.75 Å². The van der Waals surface area contributed by atoms with Crippen LogP contribution in [0.1, 0.15) is 21.4 Å². The highest BCUT2D eigenvalue weighted by atomic mass is 79.9. The van der Waals surface area contributed by atoms with E-state index in [4.69, 9.17) is 4.74 Å². The van der Waals surface area contributed by atoms with Gasteiger partial charge in [0.25, 0.3) is 5.91 Å². The molecule has 0 aliphatic carbocycles. The second-order valence-corrected chi connectivity index (χ2v) is 9.18. The molecular weight excluding hydrogens is 446 g/mol. The number of aromatic nitrogens is 2. The number of methoxy groups -OCH3 is 1. The van der Waals surface area contributed by atoms with Crippen molar-refractivity contribution in [2.24, 2.45) is 7.05 Å². The molecule has 1 atom stereocenters. The summed E-state index contributed by atoms with van der Waals surface area (Å²) in [4.78, 5) is 16.3. The van der Waals surface area contributed by atoms with Crippen LogP contribution in [0.3, 0.4) is 0 Å². The van der Waals surface area contributed by atoms with Gasteiger partial charge in [-0.05, 0) is 35.7 Å². The van der Waals surface area contributed by atoms with Gasteiger partial charge in [-0.3, -0.25) is 9.48 Å². The third-order valence-corrected chi connectivity index (χ3v) is 7.11. The third kappa shape index (κ3) is 3.53. The normalized spacial score (nSPS) is 16.7. The lowest BCUT2D eigenvalue weighted by molar-refractivity contribution is 0.0748. The zero-order chi connectivity index (χ0) is 19.0. The fourth-order valence-corrected chi connectivity index (χ4v) is 5.52. The van der Waals surface area contributed by atoms with Crippen LogP contribution in [0.2, 0.25) is 0 Å². The summed E-state index contributed by atoms with van der Waals surface area (Å²) < 4.78 is 8.18. The maximum absolute atomic E-state index is 13.3. The predicted molar refractivity (Wildman–Crippen MR) is 113 cm³/mol. The Kier molecular flexibility index (Phi) is 5.29. The molecule has 1 aliphatic heterocycles. The van der Waals surface area contributed by atoms with Crippen molar-refractivity contribution in [2.45, 2.75) is 5.37 Å². The Balaban J connectivity index is 1.67. The molecule has 5 nitrogen and oxygen atoms in total. The van der Waals surface area contributed by atoms with E-state index in [1.54, 1.807) is 34.9 Å². The maximum Gasteiger partial charge on any atom is 0.273 e. The number of benzene rings is 1. The van der Waals surface area contributed by atoms with E-state index in [1.165, 1.54) is 0 Å². The molecule has 0 N–H and O–H groups in total. The lowest BCUT2D eigenvalue weighted by Crippen LogP contribution is -2.32. The molecule has 3 heterocycles. The minimum Gasteiger partial charge on any atom is -0.496 e. The number of carbonyl (C=O) groups is 1. The van der Waals surface area contributed by atoms with Crippen LogP contribution in [0.15, 0.2) is 46.3 Å². The summed E-state index contributed by atoms with van der Waals surface area (Å²) in [5, 5.41) is 6.47. The minimum atomic E-state index is -0.0787. The van der Waals surface area contributed by atoms with Gasteiger partial charge < -0.3 is 9.64 Å². The highest BCUT2D eigenvalue weighted by Gasteiger charge is 2.34. The Hall–Kier alpha value is -1.77. The Morgan fingerprint density at radius 3 is 2.93 bits per heavy atom. The van der Waals surface area contributed by atoms with Crippen molar-refractivity contribution >= 4 is 44.9 Å². The molecule has 140 valence electrons. The van der Waals surface area contributed by atoms with Crippen LogP contribution in [0.4, 0.5) is 0 Å². The van der Waals surface area contributed by atoms with Crippen molar-refractivity contribution in [1.29, 1.82) is 0 Å². The summed E-state index contributed by atoms with van der Waals surface area (Å²) in [6.07, 6.45) is 0. The van der Waals surface area contributed by atoms with Crippen molar-refractivity contribution in [1.82, 2.24) is 14.7 Å². The molecular formula is C19H18BrN3O2S2. The van der Waals surface area contributed by atoms with Crippen LogP contribution in [0, 0.1) is 0 Å². The Bertz CT molecular complexity index is 972. The fraction of sp³-hybridized carbons (Fsp3) is 0.263. The lowest BCUT2D eigenvalue weighted by atomic mass is 10.1. The number of thiophene rings is 1. The van der Waals surface area contributed by atoms with E-state index < -0.39 is 0 Å². The minimum absolute atomic E-state index is 0.00941. The monoisotopic (exact) mass is 463 g/mol. The van der Waals surface area contributed by atoms with Crippen molar-refractivity contribution < 1.29 is 9.53 Å². The lowest BCUT2D eigenvalue weighted by Gasteiger charge is -2.25. The summed E-state index contributed by atoms with van der Waals surface area (Å²) >= 11 is 6.90. The predicted octanol–water partition coefficient (Wildman–Crippen LogP) is 4.81. The smallest absolute Gasteiger partial charge is 0.273 e. The number of nitrogens with zero attached hydrogens (tertiary/aromatic N) is 3. The van der Waals surface area contributed by atoms with Crippen LogP contribution in [-0.4, -0.2) is 40.0 Å². The van der Waals surface area contributed by atoms with Gasteiger partial charge in [-0.1, -0.05) is 22.0 Å². The first-order valence-electron chi connectivity index (χ1n) is 8.42. The number of hydrogen-bond donors (Lipinski definition) is 0. The van der Waals surface area contributed by atoms with Gasteiger partial charge in [0.15, 0.2) is 0 Å². The van der Waals surface area contributed by atoms with E-state index in [0.29, 0.717) is 12.2 Å². The molecule has 2 aromatic heterocycles. The molecule has 1 unspecified atom stereocenters. The number of rotatable bonds is 4. The molecule has 0 radical (unpaired) electrons. The quantitative estimate of drug-likeness (QED) is 0.556. The van der Waals surface area contributed by atoms with Crippen LogP contribution < -0.4 is 4.74 Å². The van der Waals surface area contributed by atoms with E-state index in [0.717, 1.165) is 32.1 Å². The molecule has 27 heavy (non-hydrogen) atoms. The van der Waals surface area contributed by atoms with Crippen LogP contribution in [-0.2, 0) is 7.05 Å². The fourth-order valence-electron chi connectivity index (χ4n) is 3.19. The van der Waals surface area contributed by atoms with Gasteiger partial charge in [-0.2, -0.15) is 5.10 Å². The molecule has 1 fully saturated rings. The van der Waals surface area contributed by atoms with Gasteiger partial charge in [0.1, 0.15) is 22.5 Å². The molecule has 3 aromatic rings.